The third-order valence-electron chi connectivity index (χ3n) is 3.48. The summed E-state index contributed by atoms with van der Waals surface area (Å²) in [5.74, 6) is 0.455. The standard InChI is InChI=1S/C17H16F3N7O2/c1-10-7-12(9-27-25-11(2)24-26-27)8-15(21-10)23-16(28)22-13-3-5-14(6-4-13)29-17(18,19)20/h3-8H,9H2,1-2H3,(H2,21,22,23,28). The van der Waals surface area contributed by atoms with Gasteiger partial charge in [-0.1, -0.05) is 0 Å². The van der Waals surface area contributed by atoms with Crippen LogP contribution in [0.5, 0.6) is 5.75 Å². The quantitative estimate of drug-likeness (QED) is 0.672. The van der Waals surface area contributed by atoms with Crippen LogP contribution in [0.15, 0.2) is 36.4 Å². The topological polar surface area (TPSA) is 107 Å². The van der Waals surface area contributed by atoms with Crippen LogP contribution in [0.25, 0.3) is 0 Å². The van der Waals surface area contributed by atoms with Crippen molar-refractivity contribution < 1.29 is 22.7 Å². The van der Waals surface area contributed by atoms with Gasteiger partial charge in [-0.15, -0.1) is 23.4 Å². The first-order valence-electron chi connectivity index (χ1n) is 8.32. The fraction of sp³-hybridized carbons (Fsp3) is 0.235. The van der Waals surface area contributed by atoms with Crippen molar-refractivity contribution in [1.82, 2.24) is 25.2 Å². The van der Waals surface area contributed by atoms with E-state index >= 15 is 0 Å². The second-order valence-corrected chi connectivity index (χ2v) is 6.02. The SMILES string of the molecule is Cc1cc(Cn2nnc(C)n2)cc(NC(=O)Nc2ccc(OC(F)(F)F)cc2)n1. The van der Waals surface area contributed by atoms with Gasteiger partial charge in [0.15, 0.2) is 5.82 Å². The zero-order chi connectivity index (χ0) is 21.0. The maximum absolute atomic E-state index is 12.2. The highest BCUT2D eigenvalue weighted by Crippen LogP contribution is 2.24. The van der Waals surface area contributed by atoms with E-state index in [9.17, 15) is 18.0 Å². The van der Waals surface area contributed by atoms with Crippen LogP contribution in [0.4, 0.5) is 29.5 Å². The summed E-state index contributed by atoms with van der Waals surface area (Å²) in [5, 5.41) is 16.9. The lowest BCUT2D eigenvalue weighted by molar-refractivity contribution is -0.274. The summed E-state index contributed by atoms with van der Waals surface area (Å²) in [4.78, 5) is 17.8. The number of tetrazole rings is 1. The Balaban J connectivity index is 1.63. The van der Waals surface area contributed by atoms with Crippen LogP contribution in [0, 0.1) is 13.8 Å². The van der Waals surface area contributed by atoms with Crippen molar-refractivity contribution in [3.63, 3.8) is 0 Å². The van der Waals surface area contributed by atoms with Crippen molar-refractivity contribution in [3.05, 3.63) is 53.5 Å². The van der Waals surface area contributed by atoms with Gasteiger partial charge in [0.1, 0.15) is 11.6 Å². The number of urea groups is 1. The number of aromatic nitrogens is 5. The number of aryl methyl sites for hydroxylation is 2. The number of rotatable bonds is 5. The number of carbonyl (C=O) groups excluding carboxylic acids is 1. The Morgan fingerprint density at radius 1 is 1.14 bits per heavy atom. The molecule has 0 aliphatic rings. The molecule has 152 valence electrons. The van der Waals surface area contributed by atoms with Gasteiger partial charge in [0.25, 0.3) is 0 Å². The fourth-order valence-corrected chi connectivity index (χ4v) is 2.47. The number of amides is 2. The summed E-state index contributed by atoms with van der Waals surface area (Å²) >= 11 is 0. The summed E-state index contributed by atoms with van der Waals surface area (Å²) in [6.07, 6.45) is -4.78. The van der Waals surface area contributed by atoms with Crippen molar-refractivity contribution in [2.45, 2.75) is 26.8 Å². The highest BCUT2D eigenvalue weighted by atomic mass is 19.4. The van der Waals surface area contributed by atoms with Gasteiger partial charge >= 0.3 is 12.4 Å². The number of carbonyl (C=O) groups is 1. The van der Waals surface area contributed by atoms with Gasteiger partial charge in [0, 0.05) is 11.4 Å². The van der Waals surface area contributed by atoms with Gasteiger partial charge in [-0.2, -0.15) is 4.80 Å². The molecule has 2 aromatic heterocycles. The van der Waals surface area contributed by atoms with E-state index in [-0.39, 0.29) is 11.4 Å². The Morgan fingerprint density at radius 2 is 1.86 bits per heavy atom. The van der Waals surface area contributed by atoms with E-state index in [1.54, 1.807) is 19.9 Å². The third-order valence-corrected chi connectivity index (χ3v) is 3.48. The van der Waals surface area contributed by atoms with Crippen molar-refractivity contribution in [2.24, 2.45) is 0 Å². The average Bonchev–Trinajstić information content (AvgIpc) is 2.99. The number of nitrogens with one attached hydrogen (secondary N) is 2. The van der Waals surface area contributed by atoms with Gasteiger partial charge in [0.2, 0.25) is 0 Å². The molecule has 0 radical (unpaired) electrons. The van der Waals surface area contributed by atoms with Crippen LogP contribution >= 0.6 is 0 Å². The Morgan fingerprint density at radius 3 is 2.48 bits per heavy atom. The predicted octanol–water partition coefficient (Wildman–Crippen LogP) is 3.28. The molecule has 0 unspecified atom stereocenters. The molecule has 2 N–H and O–H groups in total. The lowest BCUT2D eigenvalue weighted by atomic mass is 10.2. The number of halogens is 3. The molecule has 3 rings (SSSR count). The van der Waals surface area contributed by atoms with Gasteiger partial charge in [0.05, 0.1) is 6.54 Å². The van der Waals surface area contributed by atoms with E-state index in [0.29, 0.717) is 23.9 Å². The van der Waals surface area contributed by atoms with E-state index in [1.807, 2.05) is 6.07 Å². The number of benzene rings is 1. The second kappa shape index (κ2) is 8.12. The number of pyridine rings is 1. The summed E-state index contributed by atoms with van der Waals surface area (Å²) < 4.78 is 40.3. The normalized spacial score (nSPS) is 11.2. The summed E-state index contributed by atoms with van der Waals surface area (Å²) in [6.45, 7) is 3.84. The second-order valence-electron chi connectivity index (χ2n) is 6.02. The van der Waals surface area contributed by atoms with Gasteiger partial charge in [-0.25, -0.2) is 9.78 Å². The van der Waals surface area contributed by atoms with E-state index in [2.05, 4.69) is 35.8 Å². The Bertz CT molecular complexity index is 1000. The van der Waals surface area contributed by atoms with Crippen LogP contribution in [0.2, 0.25) is 0 Å². The minimum atomic E-state index is -4.78. The predicted molar refractivity (Wildman–Crippen MR) is 96.4 cm³/mol. The number of anilines is 2. The first kappa shape index (κ1) is 20.0. The molecule has 0 saturated heterocycles. The average molecular weight is 407 g/mol. The molecule has 0 bridgehead atoms. The number of ether oxygens (including phenoxy) is 1. The molecule has 2 heterocycles. The molecule has 0 saturated carbocycles. The van der Waals surface area contributed by atoms with Crippen molar-refractivity contribution in [3.8, 4) is 5.75 Å². The van der Waals surface area contributed by atoms with Gasteiger partial charge < -0.3 is 10.1 Å². The molecule has 0 aliphatic heterocycles. The first-order chi connectivity index (χ1) is 13.7. The maximum atomic E-state index is 12.2. The smallest absolute Gasteiger partial charge is 0.406 e. The largest absolute Gasteiger partial charge is 0.573 e. The van der Waals surface area contributed by atoms with E-state index in [0.717, 1.165) is 17.7 Å². The molecule has 9 nitrogen and oxygen atoms in total. The molecular weight excluding hydrogens is 391 g/mol. The van der Waals surface area contributed by atoms with E-state index in [4.69, 9.17) is 0 Å². The van der Waals surface area contributed by atoms with Crippen LogP contribution in [-0.4, -0.2) is 37.6 Å². The van der Waals surface area contributed by atoms with Crippen LogP contribution in [0.3, 0.4) is 0 Å². The molecule has 2 amide bonds. The monoisotopic (exact) mass is 407 g/mol. The van der Waals surface area contributed by atoms with Crippen LogP contribution in [0.1, 0.15) is 17.1 Å². The van der Waals surface area contributed by atoms with Gasteiger partial charge in [-0.3, -0.25) is 5.32 Å². The van der Waals surface area contributed by atoms with Crippen molar-refractivity contribution >= 4 is 17.5 Å². The molecule has 1 aromatic carbocycles. The zero-order valence-corrected chi connectivity index (χ0v) is 15.4. The number of nitrogens with zero attached hydrogens (tertiary/aromatic N) is 5. The number of hydrogen-bond donors (Lipinski definition) is 2. The number of hydrogen-bond acceptors (Lipinski definition) is 6. The maximum Gasteiger partial charge on any atom is 0.573 e. The Kier molecular flexibility index (Phi) is 5.61. The first-order valence-corrected chi connectivity index (χ1v) is 8.32. The molecule has 0 aliphatic carbocycles. The number of alkyl halides is 3. The fourth-order valence-electron chi connectivity index (χ4n) is 2.47. The minimum Gasteiger partial charge on any atom is -0.406 e. The summed E-state index contributed by atoms with van der Waals surface area (Å²) in [7, 11) is 0. The highest BCUT2D eigenvalue weighted by Gasteiger charge is 2.30. The van der Waals surface area contributed by atoms with Crippen molar-refractivity contribution in [1.29, 1.82) is 0 Å². The van der Waals surface area contributed by atoms with Crippen LogP contribution in [-0.2, 0) is 6.54 Å². The minimum absolute atomic E-state index is 0.284. The van der Waals surface area contributed by atoms with Crippen LogP contribution < -0.4 is 15.4 Å². The molecule has 12 heteroatoms. The Labute approximate surface area is 162 Å². The summed E-state index contributed by atoms with van der Waals surface area (Å²) in [5.41, 5.74) is 1.76. The highest BCUT2D eigenvalue weighted by molar-refractivity contribution is 5.99. The Hall–Kier alpha value is -3.70. The van der Waals surface area contributed by atoms with Gasteiger partial charge in [-0.05, 0) is 61.0 Å². The molecule has 3 aromatic rings. The summed E-state index contributed by atoms with van der Waals surface area (Å²) in [6, 6.07) is 7.64. The molecule has 0 atom stereocenters. The molecular formula is C17H16F3N7O2. The zero-order valence-electron chi connectivity index (χ0n) is 15.4. The van der Waals surface area contributed by atoms with E-state index < -0.39 is 12.4 Å². The van der Waals surface area contributed by atoms with E-state index in [1.165, 1.54) is 16.9 Å². The lowest BCUT2D eigenvalue weighted by Crippen LogP contribution is -2.20. The van der Waals surface area contributed by atoms with Crippen molar-refractivity contribution in [2.75, 3.05) is 10.6 Å². The molecule has 0 fully saturated rings. The molecule has 29 heavy (non-hydrogen) atoms. The third kappa shape index (κ3) is 6.16. The molecule has 0 spiro atoms. The lowest BCUT2D eigenvalue weighted by Gasteiger charge is -2.11.